The van der Waals surface area contributed by atoms with Gasteiger partial charge in [0.25, 0.3) is 0 Å². The normalized spacial score (nSPS) is 15.5. The van der Waals surface area contributed by atoms with Crippen molar-refractivity contribution in [3.8, 4) is 11.5 Å². The van der Waals surface area contributed by atoms with Gasteiger partial charge in [0, 0.05) is 53.9 Å². The minimum absolute atomic E-state index is 0.0183. The van der Waals surface area contributed by atoms with Crippen molar-refractivity contribution >= 4 is 29.1 Å². The molecule has 0 saturated carbocycles. The number of urea groups is 1. The summed E-state index contributed by atoms with van der Waals surface area (Å²) >= 11 is 0. The lowest BCUT2D eigenvalue weighted by atomic mass is 9.92. The molecule has 0 atom stereocenters. The molecule has 10 nitrogen and oxygen atoms in total. The molecule has 1 fully saturated rings. The zero-order valence-electron chi connectivity index (χ0n) is 24.5. The number of aromatic nitrogens is 3. The van der Waals surface area contributed by atoms with Crippen LogP contribution in [0.4, 0.5) is 16.3 Å². The van der Waals surface area contributed by atoms with E-state index in [-0.39, 0.29) is 17.4 Å². The number of allylic oxidation sites excluding steroid dienone is 3. The molecule has 0 spiro atoms. The first-order chi connectivity index (χ1) is 20.2. The molecule has 1 saturated heterocycles. The van der Waals surface area contributed by atoms with Crippen LogP contribution >= 0.6 is 0 Å². The van der Waals surface area contributed by atoms with E-state index in [9.17, 15) is 9.59 Å². The van der Waals surface area contributed by atoms with Crippen molar-refractivity contribution in [3.63, 3.8) is 0 Å². The number of hydrogen-bond acceptors (Lipinski definition) is 6. The van der Waals surface area contributed by atoms with Gasteiger partial charge >= 0.3 is 6.03 Å². The van der Waals surface area contributed by atoms with E-state index in [1.165, 1.54) is 12.8 Å². The third-order valence-corrected chi connectivity index (χ3v) is 7.32. The largest absolute Gasteiger partial charge is 0.457 e. The molecule has 2 aromatic heterocycles. The highest BCUT2D eigenvalue weighted by Gasteiger charge is 2.24. The number of anilines is 2. The summed E-state index contributed by atoms with van der Waals surface area (Å²) in [6.07, 6.45) is 10.8. The molecule has 42 heavy (non-hydrogen) atoms. The lowest BCUT2D eigenvalue weighted by Gasteiger charge is -2.18. The van der Waals surface area contributed by atoms with E-state index in [0.717, 1.165) is 36.6 Å². The van der Waals surface area contributed by atoms with Crippen LogP contribution in [0.15, 0.2) is 72.6 Å². The summed E-state index contributed by atoms with van der Waals surface area (Å²) in [5, 5.41) is 13.7. The maximum Gasteiger partial charge on any atom is 0.324 e. The van der Waals surface area contributed by atoms with Crippen LogP contribution in [-0.4, -0.2) is 57.8 Å². The Labute approximate surface area is 246 Å². The van der Waals surface area contributed by atoms with Crippen LogP contribution in [-0.2, 0) is 10.2 Å². The molecule has 1 aromatic carbocycles. The molecule has 3 heterocycles. The Bertz CT molecular complexity index is 1450. The van der Waals surface area contributed by atoms with Gasteiger partial charge in [-0.15, -0.1) is 0 Å². The number of benzene rings is 1. The number of rotatable bonds is 9. The zero-order chi connectivity index (χ0) is 29.5. The van der Waals surface area contributed by atoms with Crippen LogP contribution in [0.5, 0.6) is 11.5 Å². The van der Waals surface area contributed by atoms with Crippen molar-refractivity contribution in [2.24, 2.45) is 0 Å². The smallest absolute Gasteiger partial charge is 0.324 e. The van der Waals surface area contributed by atoms with Gasteiger partial charge in [-0.1, -0.05) is 26.8 Å². The molecular formula is C32H39N7O3. The molecule has 0 unspecified atom stereocenters. The molecular weight excluding hydrogens is 530 g/mol. The van der Waals surface area contributed by atoms with Crippen LogP contribution in [0.1, 0.15) is 52.1 Å². The Kier molecular flexibility index (Phi) is 9.02. The van der Waals surface area contributed by atoms with E-state index in [2.05, 4.69) is 46.6 Å². The van der Waals surface area contributed by atoms with Gasteiger partial charge in [0.2, 0.25) is 5.91 Å². The zero-order valence-corrected chi connectivity index (χ0v) is 24.5. The van der Waals surface area contributed by atoms with Crippen LogP contribution < -0.4 is 20.7 Å². The first kappa shape index (κ1) is 29.1. The number of carbonyl (C=O) groups is 2. The molecule has 220 valence electrons. The second-order valence-corrected chi connectivity index (χ2v) is 11.6. The van der Waals surface area contributed by atoms with E-state index in [1.54, 1.807) is 53.5 Å². The fraction of sp³-hybridized carbons (Fsp3) is 0.375. The predicted molar refractivity (Wildman–Crippen MR) is 165 cm³/mol. The van der Waals surface area contributed by atoms with E-state index < -0.39 is 0 Å². The van der Waals surface area contributed by atoms with Crippen LogP contribution in [0.2, 0.25) is 0 Å². The number of ether oxygens (including phenoxy) is 1. The maximum atomic E-state index is 13.0. The summed E-state index contributed by atoms with van der Waals surface area (Å²) in [5.74, 6) is 1.88. The molecule has 3 N–H and O–H groups in total. The fourth-order valence-electron chi connectivity index (χ4n) is 4.92. The third-order valence-electron chi connectivity index (χ3n) is 7.32. The minimum atomic E-state index is -0.385. The van der Waals surface area contributed by atoms with Crippen molar-refractivity contribution in [3.05, 3.63) is 78.3 Å². The Balaban J connectivity index is 1.23. The van der Waals surface area contributed by atoms with Gasteiger partial charge < -0.3 is 20.3 Å². The van der Waals surface area contributed by atoms with Gasteiger partial charge in [-0.3, -0.25) is 15.1 Å². The van der Waals surface area contributed by atoms with Gasteiger partial charge in [-0.05, 0) is 81.2 Å². The standard InChI is InChI=1S/C32H39N7O3/c1-32(2,3)28-22-29(36-31(41)35-24-8-12-26(13-9-24)42-27-14-16-33-17-15-27)39(37-28)25-10-6-23(7-11-25)30(40)34-18-21-38-19-4-5-20-38/h6,8-10,12-17,22H,4-5,7,11,18-21H2,1-3H3,(H,34,40)(H2,35,36,41). The van der Waals surface area contributed by atoms with Gasteiger partial charge in [-0.25, -0.2) is 9.48 Å². The summed E-state index contributed by atoms with van der Waals surface area (Å²) in [6.45, 7) is 10.0. The Hall–Kier alpha value is -4.44. The number of carbonyl (C=O) groups excluding carboxylic acids is 2. The number of nitrogens with zero attached hydrogens (tertiary/aromatic N) is 4. The Morgan fingerprint density at radius 2 is 1.64 bits per heavy atom. The quantitative estimate of drug-likeness (QED) is 0.301. The van der Waals surface area contributed by atoms with Crippen LogP contribution in [0.3, 0.4) is 0 Å². The number of amides is 3. The lowest BCUT2D eigenvalue weighted by Crippen LogP contribution is -2.34. The van der Waals surface area contributed by atoms with Crippen molar-refractivity contribution in [2.45, 2.75) is 51.9 Å². The highest BCUT2D eigenvalue weighted by molar-refractivity contribution is 5.99. The first-order valence-corrected chi connectivity index (χ1v) is 14.5. The van der Waals surface area contributed by atoms with Crippen LogP contribution in [0, 0.1) is 0 Å². The second-order valence-electron chi connectivity index (χ2n) is 11.6. The van der Waals surface area contributed by atoms with E-state index in [0.29, 0.717) is 42.4 Å². The molecule has 3 amide bonds. The molecule has 0 radical (unpaired) electrons. The van der Waals surface area contributed by atoms with Crippen molar-refractivity contribution in [1.29, 1.82) is 0 Å². The highest BCUT2D eigenvalue weighted by atomic mass is 16.5. The lowest BCUT2D eigenvalue weighted by molar-refractivity contribution is -0.117. The van der Waals surface area contributed by atoms with Gasteiger partial charge in [0.1, 0.15) is 17.3 Å². The predicted octanol–water partition coefficient (Wildman–Crippen LogP) is 5.79. The number of pyridine rings is 1. The summed E-state index contributed by atoms with van der Waals surface area (Å²) < 4.78 is 7.56. The molecule has 1 aliphatic heterocycles. The maximum absolute atomic E-state index is 13.0. The third kappa shape index (κ3) is 7.64. The first-order valence-electron chi connectivity index (χ1n) is 14.5. The summed E-state index contributed by atoms with van der Waals surface area (Å²) in [4.78, 5) is 32.1. The average molecular weight is 570 g/mol. The van der Waals surface area contributed by atoms with Gasteiger partial charge in [0.15, 0.2) is 0 Å². The monoisotopic (exact) mass is 569 g/mol. The Morgan fingerprint density at radius 1 is 0.929 bits per heavy atom. The van der Waals surface area contributed by atoms with Crippen molar-refractivity contribution < 1.29 is 14.3 Å². The molecule has 5 rings (SSSR count). The highest BCUT2D eigenvalue weighted by Crippen LogP contribution is 2.30. The van der Waals surface area contributed by atoms with Gasteiger partial charge in [-0.2, -0.15) is 5.10 Å². The summed E-state index contributed by atoms with van der Waals surface area (Å²) in [6, 6.07) is 12.2. The Morgan fingerprint density at radius 3 is 2.31 bits per heavy atom. The minimum Gasteiger partial charge on any atom is -0.457 e. The molecule has 1 aliphatic carbocycles. The number of likely N-dealkylation sites (tertiary alicyclic amines) is 1. The molecule has 2 aliphatic rings. The fourth-order valence-corrected chi connectivity index (χ4v) is 4.92. The van der Waals surface area contributed by atoms with Crippen molar-refractivity contribution in [1.82, 2.24) is 25.0 Å². The topological polar surface area (TPSA) is 113 Å². The molecule has 0 bridgehead atoms. The van der Waals surface area contributed by atoms with E-state index in [1.807, 2.05) is 18.2 Å². The van der Waals surface area contributed by atoms with E-state index >= 15 is 0 Å². The van der Waals surface area contributed by atoms with Crippen molar-refractivity contribution in [2.75, 3.05) is 36.8 Å². The number of nitrogens with one attached hydrogen (secondary N) is 3. The second kappa shape index (κ2) is 13.0. The van der Waals surface area contributed by atoms with E-state index in [4.69, 9.17) is 9.84 Å². The summed E-state index contributed by atoms with van der Waals surface area (Å²) in [5.41, 5.74) is 2.93. The summed E-state index contributed by atoms with van der Waals surface area (Å²) in [7, 11) is 0. The van der Waals surface area contributed by atoms with Gasteiger partial charge in [0.05, 0.1) is 5.69 Å². The molecule has 3 aromatic rings. The average Bonchev–Trinajstić information content (AvgIpc) is 3.65. The SMILES string of the molecule is CC(C)(C)c1cc(NC(=O)Nc2ccc(Oc3ccncc3)cc2)n(C2=CC=C(C(=O)NCCN3CCCC3)CC2)n1. The van der Waals surface area contributed by atoms with Crippen LogP contribution in [0.25, 0.3) is 5.70 Å². The molecule has 10 heteroatoms. The number of hydrogen-bond donors (Lipinski definition) is 3.